The Morgan fingerprint density at radius 1 is 1.03 bits per heavy atom. The normalized spacial score (nSPS) is 22.9. The highest BCUT2D eigenvalue weighted by Crippen LogP contribution is 2.45. The summed E-state index contributed by atoms with van der Waals surface area (Å²) in [5.74, 6) is 1.77. The summed E-state index contributed by atoms with van der Waals surface area (Å²) < 4.78 is 0. The van der Waals surface area contributed by atoms with Gasteiger partial charge in [-0.05, 0) is 69.2 Å². The Hall–Kier alpha value is -2.47. The molecular formula is C28H39N5O. The van der Waals surface area contributed by atoms with Crippen LogP contribution in [0.5, 0.6) is 0 Å². The van der Waals surface area contributed by atoms with Crippen LogP contribution < -0.4 is 4.90 Å². The molecule has 4 heterocycles. The second-order valence-electron chi connectivity index (χ2n) is 11.0. The molecule has 3 aliphatic heterocycles. The Kier molecular flexibility index (Phi) is 6.87. The van der Waals surface area contributed by atoms with Crippen LogP contribution in [0, 0.1) is 11.3 Å². The van der Waals surface area contributed by atoms with Crippen molar-refractivity contribution in [2.24, 2.45) is 11.3 Å². The number of hydrogen-bond acceptors (Lipinski definition) is 5. The first kappa shape index (κ1) is 23.3. The predicted molar refractivity (Wildman–Crippen MR) is 136 cm³/mol. The molecule has 6 heteroatoms. The number of likely N-dealkylation sites (tertiary alicyclic amines) is 2. The lowest BCUT2D eigenvalue weighted by Crippen LogP contribution is -2.45. The second kappa shape index (κ2) is 10.0. The number of piperidine rings is 1. The molecule has 2 aromatic rings. The van der Waals surface area contributed by atoms with E-state index in [2.05, 4.69) is 63.9 Å². The van der Waals surface area contributed by atoms with Gasteiger partial charge in [-0.3, -0.25) is 9.69 Å². The van der Waals surface area contributed by atoms with Gasteiger partial charge in [0.15, 0.2) is 0 Å². The van der Waals surface area contributed by atoms with Gasteiger partial charge in [0.2, 0.25) is 11.9 Å². The molecule has 3 fully saturated rings. The summed E-state index contributed by atoms with van der Waals surface area (Å²) in [4.78, 5) is 30.1. The van der Waals surface area contributed by atoms with Gasteiger partial charge in [-0.1, -0.05) is 44.2 Å². The standard InChI is InChI=1S/C28H39N5O/c1-22(2)20-33-25(18-23-8-4-3-5-9-23)19-28(26(33)34)11-16-31(17-12-28)21-24-10-13-29-27(30-24)32-14-6-7-15-32/h3-5,8-10,13,22,25H,6-7,11-12,14-21H2,1-2H3/t25-/m1/s1. The van der Waals surface area contributed by atoms with Crippen molar-refractivity contribution in [3.8, 4) is 0 Å². The number of carbonyl (C=O) groups excluding carboxylic acids is 1. The zero-order chi connectivity index (χ0) is 23.5. The Balaban J connectivity index is 1.24. The summed E-state index contributed by atoms with van der Waals surface area (Å²) in [6.45, 7) is 10.2. The zero-order valence-electron chi connectivity index (χ0n) is 20.8. The number of aromatic nitrogens is 2. The van der Waals surface area contributed by atoms with Crippen LogP contribution in [0.25, 0.3) is 0 Å². The average Bonchev–Trinajstić information content (AvgIpc) is 3.46. The maximum atomic E-state index is 13.8. The van der Waals surface area contributed by atoms with E-state index < -0.39 is 0 Å². The molecule has 1 amide bonds. The highest BCUT2D eigenvalue weighted by atomic mass is 16.2. The molecule has 1 spiro atoms. The van der Waals surface area contributed by atoms with Gasteiger partial charge in [-0.25, -0.2) is 9.97 Å². The van der Waals surface area contributed by atoms with E-state index in [0.29, 0.717) is 17.9 Å². The third-order valence-electron chi connectivity index (χ3n) is 7.95. The monoisotopic (exact) mass is 461 g/mol. The molecule has 1 atom stereocenters. The molecular weight excluding hydrogens is 422 g/mol. The van der Waals surface area contributed by atoms with Crippen molar-refractivity contribution < 1.29 is 4.79 Å². The second-order valence-corrected chi connectivity index (χ2v) is 11.0. The maximum Gasteiger partial charge on any atom is 0.229 e. The highest BCUT2D eigenvalue weighted by Gasteiger charge is 2.52. The van der Waals surface area contributed by atoms with E-state index in [1.807, 2.05) is 12.3 Å². The van der Waals surface area contributed by atoms with Gasteiger partial charge in [0.05, 0.1) is 11.1 Å². The summed E-state index contributed by atoms with van der Waals surface area (Å²) in [5.41, 5.74) is 2.24. The van der Waals surface area contributed by atoms with Gasteiger partial charge in [0, 0.05) is 38.4 Å². The van der Waals surface area contributed by atoms with Gasteiger partial charge in [0.1, 0.15) is 0 Å². The van der Waals surface area contributed by atoms with Crippen LogP contribution in [-0.4, -0.2) is 64.4 Å². The Morgan fingerprint density at radius 3 is 2.47 bits per heavy atom. The van der Waals surface area contributed by atoms with E-state index in [4.69, 9.17) is 4.98 Å². The Morgan fingerprint density at radius 2 is 1.76 bits per heavy atom. The molecule has 0 unspecified atom stereocenters. The van der Waals surface area contributed by atoms with Gasteiger partial charge < -0.3 is 9.80 Å². The van der Waals surface area contributed by atoms with E-state index in [0.717, 1.165) is 76.6 Å². The molecule has 0 saturated carbocycles. The Bertz CT molecular complexity index is 964. The number of hydrogen-bond donors (Lipinski definition) is 0. The van der Waals surface area contributed by atoms with Crippen molar-refractivity contribution in [3.63, 3.8) is 0 Å². The molecule has 0 aliphatic carbocycles. The minimum Gasteiger partial charge on any atom is -0.341 e. The number of amides is 1. The lowest BCUT2D eigenvalue weighted by Gasteiger charge is -2.38. The van der Waals surface area contributed by atoms with Crippen molar-refractivity contribution in [1.82, 2.24) is 19.8 Å². The zero-order valence-corrected chi connectivity index (χ0v) is 20.8. The molecule has 0 bridgehead atoms. The number of carbonyl (C=O) groups is 1. The maximum absolute atomic E-state index is 13.8. The van der Waals surface area contributed by atoms with E-state index in [1.165, 1.54) is 18.4 Å². The van der Waals surface area contributed by atoms with Crippen molar-refractivity contribution in [2.75, 3.05) is 37.6 Å². The van der Waals surface area contributed by atoms with Crippen LogP contribution >= 0.6 is 0 Å². The quantitative estimate of drug-likeness (QED) is 0.620. The van der Waals surface area contributed by atoms with E-state index >= 15 is 0 Å². The Labute approximate surface area is 204 Å². The van der Waals surface area contributed by atoms with Crippen LogP contribution in [0.2, 0.25) is 0 Å². The van der Waals surface area contributed by atoms with E-state index in [1.54, 1.807) is 0 Å². The van der Waals surface area contributed by atoms with E-state index in [-0.39, 0.29) is 5.41 Å². The van der Waals surface area contributed by atoms with Gasteiger partial charge in [0.25, 0.3) is 0 Å². The molecule has 3 saturated heterocycles. The summed E-state index contributed by atoms with van der Waals surface area (Å²) in [6.07, 6.45) is 8.23. The fraction of sp³-hybridized carbons (Fsp3) is 0.607. The van der Waals surface area contributed by atoms with Crippen LogP contribution in [0.15, 0.2) is 42.6 Å². The average molecular weight is 462 g/mol. The summed E-state index contributed by atoms with van der Waals surface area (Å²) in [5, 5.41) is 0. The largest absolute Gasteiger partial charge is 0.341 e. The highest BCUT2D eigenvalue weighted by molar-refractivity contribution is 5.85. The first-order chi connectivity index (χ1) is 16.5. The summed E-state index contributed by atoms with van der Waals surface area (Å²) in [6, 6.07) is 13.0. The molecule has 3 aliphatic rings. The van der Waals surface area contributed by atoms with Crippen LogP contribution in [0.4, 0.5) is 5.95 Å². The van der Waals surface area contributed by atoms with E-state index in [9.17, 15) is 4.79 Å². The smallest absolute Gasteiger partial charge is 0.229 e. The lowest BCUT2D eigenvalue weighted by atomic mass is 9.75. The lowest BCUT2D eigenvalue weighted by molar-refractivity contribution is -0.139. The summed E-state index contributed by atoms with van der Waals surface area (Å²) >= 11 is 0. The van der Waals surface area contributed by atoms with Crippen molar-refractivity contribution in [1.29, 1.82) is 0 Å². The van der Waals surface area contributed by atoms with Gasteiger partial charge in [-0.2, -0.15) is 0 Å². The molecule has 182 valence electrons. The third-order valence-corrected chi connectivity index (χ3v) is 7.95. The summed E-state index contributed by atoms with van der Waals surface area (Å²) in [7, 11) is 0. The fourth-order valence-corrected chi connectivity index (χ4v) is 6.14. The minimum absolute atomic E-state index is 0.183. The van der Waals surface area contributed by atoms with Crippen molar-refractivity contribution in [3.05, 3.63) is 53.9 Å². The van der Waals surface area contributed by atoms with Crippen molar-refractivity contribution >= 4 is 11.9 Å². The topological polar surface area (TPSA) is 52.6 Å². The SMILES string of the molecule is CC(C)CN1C(=O)C2(CCN(Cc3ccnc(N4CCCC4)n3)CC2)C[C@H]1Cc1ccccc1. The molecule has 1 aromatic carbocycles. The van der Waals surface area contributed by atoms with Crippen molar-refractivity contribution in [2.45, 2.75) is 65.0 Å². The third kappa shape index (κ3) is 4.97. The molecule has 5 rings (SSSR count). The minimum atomic E-state index is -0.183. The molecule has 0 radical (unpaired) electrons. The van der Waals surface area contributed by atoms with Gasteiger partial charge >= 0.3 is 0 Å². The number of benzene rings is 1. The van der Waals surface area contributed by atoms with Gasteiger partial charge in [-0.15, -0.1) is 0 Å². The molecule has 0 N–H and O–H groups in total. The number of rotatable bonds is 7. The van der Waals surface area contributed by atoms with Crippen LogP contribution in [0.1, 0.15) is 57.2 Å². The fourth-order valence-electron chi connectivity index (χ4n) is 6.14. The van der Waals surface area contributed by atoms with Crippen LogP contribution in [-0.2, 0) is 17.8 Å². The number of anilines is 1. The van der Waals surface area contributed by atoms with Crippen LogP contribution in [0.3, 0.4) is 0 Å². The predicted octanol–water partition coefficient (Wildman–Crippen LogP) is 4.16. The molecule has 34 heavy (non-hydrogen) atoms. The number of nitrogens with zero attached hydrogens (tertiary/aromatic N) is 5. The molecule has 1 aromatic heterocycles. The molecule has 6 nitrogen and oxygen atoms in total. The first-order valence-corrected chi connectivity index (χ1v) is 13.2. The first-order valence-electron chi connectivity index (χ1n) is 13.2.